The van der Waals surface area contributed by atoms with E-state index < -0.39 is 22.6 Å². The lowest BCUT2D eigenvalue weighted by Gasteiger charge is -2.37. The van der Waals surface area contributed by atoms with E-state index in [1.165, 1.54) is 0 Å². The Morgan fingerprint density at radius 2 is 1.53 bits per heavy atom. The van der Waals surface area contributed by atoms with Crippen molar-refractivity contribution in [3.05, 3.63) is 79.9 Å². The van der Waals surface area contributed by atoms with Crippen molar-refractivity contribution in [2.75, 3.05) is 54.0 Å². The Balaban J connectivity index is 1.52. The maximum atomic E-state index is 14.8. The van der Waals surface area contributed by atoms with E-state index in [9.17, 15) is 19.5 Å². The van der Waals surface area contributed by atoms with Gasteiger partial charge in [0.25, 0.3) is 5.91 Å². The second-order valence-electron chi connectivity index (χ2n) is 12.0. The summed E-state index contributed by atoms with van der Waals surface area (Å²) in [7, 11) is 0. The number of rotatable bonds is 15. The molecule has 0 aliphatic carbocycles. The highest BCUT2D eigenvalue weighted by molar-refractivity contribution is 8.02. The predicted molar refractivity (Wildman–Crippen MR) is 184 cm³/mol. The molecule has 3 heterocycles. The first-order chi connectivity index (χ1) is 21.9. The lowest BCUT2D eigenvalue weighted by Crippen LogP contribution is -2.55. The highest BCUT2D eigenvalue weighted by Crippen LogP contribution is 2.66. The molecule has 3 amide bonds. The summed E-state index contributed by atoms with van der Waals surface area (Å²) >= 11 is 1.68. The number of carbonyl (C=O) groups excluding carboxylic acids is 3. The van der Waals surface area contributed by atoms with Crippen molar-refractivity contribution in [1.82, 2.24) is 4.90 Å². The third kappa shape index (κ3) is 5.92. The van der Waals surface area contributed by atoms with Crippen molar-refractivity contribution in [2.24, 2.45) is 11.8 Å². The van der Waals surface area contributed by atoms with Crippen LogP contribution in [0.1, 0.15) is 39.5 Å². The average Bonchev–Trinajstić information content (AvgIpc) is 3.71. The first-order valence-electron chi connectivity index (χ1n) is 16.2. The molecule has 9 heteroatoms. The van der Waals surface area contributed by atoms with Crippen molar-refractivity contribution in [2.45, 2.75) is 55.6 Å². The zero-order valence-electron chi connectivity index (χ0n) is 26.5. The van der Waals surface area contributed by atoms with Crippen LogP contribution in [0, 0.1) is 11.8 Å². The Bertz CT molecular complexity index is 1380. The quantitative estimate of drug-likeness (QED) is 0.217. The summed E-state index contributed by atoms with van der Waals surface area (Å²) in [4.78, 5) is 51.1. The van der Waals surface area contributed by atoms with Crippen LogP contribution in [0.5, 0.6) is 0 Å². The van der Waals surface area contributed by atoms with Crippen molar-refractivity contribution in [3.8, 4) is 0 Å². The Morgan fingerprint density at radius 3 is 2.13 bits per heavy atom. The van der Waals surface area contributed by atoms with E-state index in [2.05, 4.69) is 31.9 Å². The molecule has 1 N–H and O–H groups in total. The number of amides is 3. The third-order valence-electron chi connectivity index (χ3n) is 9.64. The van der Waals surface area contributed by atoms with Crippen molar-refractivity contribution < 1.29 is 19.5 Å². The molecule has 3 aliphatic rings. The summed E-state index contributed by atoms with van der Waals surface area (Å²) in [6, 6.07) is 16.8. The average molecular weight is 631 g/mol. The van der Waals surface area contributed by atoms with Gasteiger partial charge in [-0.3, -0.25) is 14.4 Å². The third-order valence-corrected chi connectivity index (χ3v) is 11.6. The molecule has 240 valence electrons. The second kappa shape index (κ2) is 14.3. The van der Waals surface area contributed by atoms with Crippen LogP contribution < -0.4 is 14.7 Å². The largest absolute Gasteiger partial charge is 0.396 e. The Labute approximate surface area is 271 Å². The molecule has 3 aliphatic heterocycles. The molecule has 8 nitrogen and oxygen atoms in total. The van der Waals surface area contributed by atoms with Gasteiger partial charge in [-0.25, -0.2) is 0 Å². The van der Waals surface area contributed by atoms with Crippen LogP contribution in [0.25, 0.3) is 0 Å². The van der Waals surface area contributed by atoms with Crippen molar-refractivity contribution >= 4 is 46.5 Å². The summed E-state index contributed by atoms with van der Waals surface area (Å²) in [6.45, 7) is 14.8. The number of para-hydroxylation sites is 1. The summed E-state index contributed by atoms with van der Waals surface area (Å²) in [5.41, 5.74) is 2.61. The van der Waals surface area contributed by atoms with Gasteiger partial charge in [-0.15, -0.1) is 24.9 Å². The maximum absolute atomic E-state index is 14.8. The van der Waals surface area contributed by atoms with Crippen LogP contribution in [-0.2, 0) is 14.4 Å². The number of likely N-dealkylation sites (tertiary alicyclic amines) is 1. The van der Waals surface area contributed by atoms with Gasteiger partial charge in [0, 0.05) is 61.6 Å². The van der Waals surface area contributed by atoms with E-state index in [0.717, 1.165) is 36.6 Å². The molecule has 3 fully saturated rings. The van der Waals surface area contributed by atoms with Crippen molar-refractivity contribution in [1.29, 1.82) is 0 Å². The molecule has 0 radical (unpaired) electrons. The molecule has 3 saturated heterocycles. The van der Waals surface area contributed by atoms with Crippen molar-refractivity contribution in [3.63, 3.8) is 0 Å². The fourth-order valence-electron chi connectivity index (χ4n) is 7.62. The van der Waals surface area contributed by atoms with E-state index in [1.54, 1.807) is 38.6 Å². The summed E-state index contributed by atoms with van der Waals surface area (Å²) in [5, 5.41) is 9.49. The SMILES string of the molecule is C=CCN(C(=O)C1N(CCCCO)C(=O)[C@@H]2[C@H](C(=O)N(CC=C)c3ccccc3)[C@@H]3CCC12S3)c1ccc(N(CC)CC)cc1. The normalized spacial score (nSPS) is 24.8. The number of anilines is 3. The molecule has 2 bridgehead atoms. The molecule has 5 atom stereocenters. The first kappa shape index (κ1) is 32.8. The van der Waals surface area contributed by atoms with Gasteiger partial charge in [-0.2, -0.15) is 0 Å². The number of unbranched alkanes of at least 4 members (excludes halogenated alkanes) is 1. The molecule has 1 spiro atoms. The van der Waals surface area contributed by atoms with Gasteiger partial charge in [0.1, 0.15) is 6.04 Å². The fourth-order valence-corrected chi connectivity index (χ4v) is 9.83. The zero-order chi connectivity index (χ0) is 32.1. The van der Waals surface area contributed by atoms with Gasteiger partial charge in [-0.1, -0.05) is 30.4 Å². The zero-order valence-corrected chi connectivity index (χ0v) is 27.3. The number of hydrogen-bond donors (Lipinski definition) is 1. The van der Waals surface area contributed by atoms with E-state index in [-0.39, 0.29) is 29.6 Å². The number of thioether (sulfide) groups is 1. The first-order valence-corrected chi connectivity index (χ1v) is 17.1. The van der Waals surface area contributed by atoms with Gasteiger partial charge in [0.2, 0.25) is 11.8 Å². The van der Waals surface area contributed by atoms with E-state index >= 15 is 0 Å². The minimum absolute atomic E-state index is 0.0161. The van der Waals surface area contributed by atoms with E-state index in [4.69, 9.17) is 0 Å². The fraction of sp³-hybridized carbons (Fsp3) is 0.472. The molecular weight excluding hydrogens is 584 g/mol. The van der Waals surface area contributed by atoms with Gasteiger partial charge in [0.05, 0.1) is 16.6 Å². The van der Waals surface area contributed by atoms with Crippen LogP contribution >= 0.6 is 11.8 Å². The predicted octanol–water partition coefficient (Wildman–Crippen LogP) is 5.13. The summed E-state index contributed by atoms with van der Waals surface area (Å²) < 4.78 is -0.699. The number of benzene rings is 2. The van der Waals surface area contributed by atoms with Crippen LogP contribution in [0.3, 0.4) is 0 Å². The number of aliphatic hydroxyl groups is 1. The van der Waals surface area contributed by atoms with E-state index in [1.807, 2.05) is 54.6 Å². The molecule has 2 unspecified atom stereocenters. The number of hydrogen-bond acceptors (Lipinski definition) is 6. The number of fused-ring (bicyclic) bond motifs is 1. The molecule has 5 rings (SSSR count). The lowest BCUT2D eigenvalue weighted by molar-refractivity contribution is -0.139. The van der Waals surface area contributed by atoms with Crippen LogP contribution in [0.4, 0.5) is 17.1 Å². The van der Waals surface area contributed by atoms with Gasteiger partial charge >= 0.3 is 0 Å². The Kier molecular flexibility index (Phi) is 10.4. The number of aliphatic hydroxyl groups excluding tert-OH is 1. The molecule has 2 aromatic carbocycles. The summed E-state index contributed by atoms with van der Waals surface area (Å²) in [5.74, 6) is -1.48. The Morgan fingerprint density at radius 1 is 0.933 bits per heavy atom. The van der Waals surface area contributed by atoms with Crippen LogP contribution in [0.15, 0.2) is 79.9 Å². The van der Waals surface area contributed by atoms with Gasteiger partial charge < -0.3 is 24.7 Å². The topological polar surface area (TPSA) is 84.4 Å². The number of carbonyl (C=O) groups is 3. The van der Waals surface area contributed by atoms with Gasteiger partial charge in [-0.05, 0) is 75.9 Å². The minimum atomic E-state index is -0.714. The number of nitrogens with zero attached hydrogens (tertiary/aromatic N) is 4. The molecule has 2 aromatic rings. The molecule has 0 aromatic heterocycles. The molecular formula is C36H46N4O4S. The molecule has 0 saturated carbocycles. The highest BCUT2D eigenvalue weighted by Gasteiger charge is 2.74. The lowest BCUT2D eigenvalue weighted by atomic mass is 9.70. The second-order valence-corrected chi connectivity index (χ2v) is 13.6. The van der Waals surface area contributed by atoms with Gasteiger partial charge in [0.15, 0.2) is 0 Å². The maximum Gasteiger partial charge on any atom is 0.251 e. The molecule has 45 heavy (non-hydrogen) atoms. The smallest absolute Gasteiger partial charge is 0.251 e. The standard InChI is InChI=1S/C36H46N4O4S/c1-5-22-38(27-14-10-9-11-15-27)33(42)30-29-20-21-36(45-29)31(30)34(43)40(24-12-13-25-41)32(36)35(44)39(23-6-2)28-18-16-26(17-19-28)37(7-3)8-4/h5-6,9-11,14-19,29-32,41H,1-2,7-8,12-13,20-25H2,3-4H3/t29-,30+,31-,32?,36?/m0/s1. The minimum Gasteiger partial charge on any atom is -0.396 e. The van der Waals surface area contributed by atoms with E-state index in [0.29, 0.717) is 38.9 Å². The highest BCUT2D eigenvalue weighted by atomic mass is 32.2. The van der Waals surface area contributed by atoms with Crippen LogP contribution in [0.2, 0.25) is 0 Å². The monoisotopic (exact) mass is 630 g/mol. The Hall–Kier alpha value is -3.56. The van der Waals surface area contributed by atoms with Crippen LogP contribution in [-0.4, -0.2) is 83.1 Å². The summed E-state index contributed by atoms with van der Waals surface area (Å²) in [6.07, 6.45) is 6.01.